The largest absolute Gasteiger partial charge is 0.484 e. The average Bonchev–Trinajstić information content (AvgIpc) is 3.07. The Bertz CT molecular complexity index is 686. The molecule has 0 saturated heterocycles. The van der Waals surface area contributed by atoms with Crippen LogP contribution in [0.3, 0.4) is 0 Å². The van der Waals surface area contributed by atoms with Gasteiger partial charge in [-0.25, -0.2) is 0 Å². The van der Waals surface area contributed by atoms with Crippen molar-refractivity contribution in [3.63, 3.8) is 0 Å². The highest BCUT2D eigenvalue weighted by atomic mass is 32.1. The summed E-state index contributed by atoms with van der Waals surface area (Å²) in [5, 5.41) is 4.96. The van der Waals surface area contributed by atoms with Crippen LogP contribution in [0.5, 0.6) is 5.75 Å². The normalized spacial score (nSPS) is 12.0. The Morgan fingerprint density at radius 1 is 1.29 bits per heavy atom. The van der Waals surface area contributed by atoms with Crippen molar-refractivity contribution < 1.29 is 14.3 Å². The van der Waals surface area contributed by atoms with Crippen LogP contribution in [0.25, 0.3) is 0 Å². The van der Waals surface area contributed by atoms with Crippen LogP contribution in [-0.2, 0) is 4.79 Å². The minimum absolute atomic E-state index is 0.114. The second-order valence-corrected chi connectivity index (χ2v) is 6.47. The number of nitrogens with one attached hydrogen (secondary N) is 1. The second-order valence-electron chi connectivity index (χ2n) is 5.49. The van der Waals surface area contributed by atoms with Gasteiger partial charge in [0.15, 0.2) is 6.61 Å². The van der Waals surface area contributed by atoms with E-state index in [4.69, 9.17) is 10.5 Å². The van der Waals surface area contributed by atoms with Gasteiger partial charge in [0, 0.05) is 17.0 Å². The van der Waals surface area contributed by atoms with E-state index in [-0.39, 0.29) is 18.6 Å². The number of amides is 2. The lowest BCUT2D eigenvalue weighted by atomic mass is 10.2. The first-order valence-electron chi connectivity index (χ1n) is 7.46. The molecule has 128 valence electrons. The van der Waals surface area contributed by atoms with Gasteiger partial charge < -0.3 is 20.7 Å². The fourth-order valence-corrected chi connectivity index (χ4v) is 3.11. The molecule has 0 radical (unpaired) electrons. The summed E-state index contributed by atoms with van der Waals surface area (Å²) in [6.07, 6.45) is 0. The quantitative estimate of drug-likeness (QED) is 0.760. The summed E-state index contributed by atoms with van der Waals surface area (Å²) in [7, 11) is 3.96. The maximum absolute atomic E-state index is 12.4. The zero-order valence-corrected chi connectivity index (χ0v) is 14.5. The van der Waals surface area contributed by atoms with Gasteiger partial charge in [0.25, 0.3) is 11.8 Å². The molecule has 7 heteroatoms. The van der Waals surface area contributed by atoms with Crippen molar-refractivity contribution in [3.05, 3.63) is 52.2 Å². The number of hydrogen-bond acceptors (Lipinski definition) is 5. The maximum atomic E-state index is 12.4. The van der Waals surface area contributed by atoms with Crippen LogP contribution in [0.2, 0.25) is 0 Å². The number of nitrogens with zero attached hydrogens (tertiary/aromatic N) is 1. The monoisotopic (exact) mass is 347 g/mol. The summed E-state index contributed by atoms with van der Waals surface area (Å²) >= 11 is 1.66. The molecule has 0 saturated carbocycles. The number of hydrogen-bond donors (Lipinski definition) is 2. The average molecular weight is 347 g/mol. The lowest BCUT2D eigenvalue weighted by Gasteiger charge is -2.23. The highest BCUT2D eigenvalue weighted by Crippen LogP contribution is 2.22. The number of ether oxygens (including phenoxy) is 1. The van der Waals surface area contributed by atoms with Crippen molar-refractivity contribution in [2.24, 2.45) is 5.73 Å². The molecule has 1 unspecified atom stereocenters. The van der Waals surface area contributed by atoms with Gasteiger partial charge in [-0.2, -0.15) is 0 Å². The van der Waals surface area contributed by atoms with Crippen LogP contribution in [0, 0.1) is 0 Å². The Hall–Kier alpha value is -2.38. The number of likely N-dealkylation sites (N-methyl/N-ethyl adjacent to an activating group) is 1. The lowest BCUT2D eigenvalue weighted by molar-refractivity contribution is -0.119. The Morgan fingerprint density at radius 2 is 2.08 bits per heavy atom. The van der Waals surface area contributed by atoms with Gasteiger partial charge in [0.05, 0.1) is 6.04 Å². The summed E-state index contributed by atoms with van der Waals surface area (Å²) < 4.78 is 5.22. The van der Waals surface area contributed by atoms with E-state index in [1.807, 2.05) is 25.5 Å². The third-order valence-electron chi connectivity index (χ3n) is 3.43. The van der Waals surface area contributed by atoms with Crippen molar-refractivity contribution in [2.45, 2.75) is 6.04 Å². The first-order chi connectivity index (χ1) is 11.5. The van der Waals surface area contributed by atoms with E-state index < -0.39 is 5.91 Å². The van der Waals surface area contributed by atoms with Crippen molar-refractivity contribution in [1.29, 1.82) is 0 Å². The summed E-state index contributed by atoms with van der Waals surface area (Å²) in [4.78, 5) is 26.4. The molecule has 1 aromatic heterocycles. The fourth-order valence-electron chi connectivity index (χ4n) is 2.19. The van der Waals surface area contributed by atoms with Crippen LogP contribution in [-0.4, -0.2) is 44.0 Å². The number of benzene rings is 1. The van der Waals surface area contributed by atoms with Gasteiger partial charge in [-0.1, -0.05) is 12.1 Å². The highest BCUT2D eigenvalue weighted by molar-refractivity contribution is 7.10. The minimum Gasteiger partial charge on any atom is -0.484 e. The molecule has 2 amide bonds. The molecule has 3 N–H and O–H groups in total. The number of thiophene rings is 1. The summed E-state index contributed by atoms with van der Waals surface area (Å²) in [6, 6.07) is 10.8. The molecule has 0 aliphatic carbocycles. The summed E-state index contributed by atoms with van der Waals surface area (Å²) in [6.45, 7) is 0.283. The number of nitrogens with two attached hydrogens (primary N) is 1. The Labute approximate surface area is 145 Å². The van der Waals surface area contributed by atoms with Crippen LogP contribution in [0.1, 0.15) is 21.3 Å². The van der Waals surface area contributed by atoms with Crippen LogP contribution < -0.4 is 15.8 Å². The summed E-state index contributed by atoms with van der Waals surface area (Å²) in [5.41, 5.74) is 5.52. The number of rotatable bonds is 8. The van der Waals surface area contributed by atoms with E-state index in [2.05, 4.69) is 16.3 Å². The van der Waals surface area contributed by atoms with Crippen molar-refractivity contribution in [3.8, 4) is 5.75 Å². The first-order valence-corrected chi connectivity index (χ1v) is 8.34. The minimum atomic E-state index is -0.561. The molecule has 2 aromatic rings. The SMILES string of the molecule is CN(C)C(CNC(=O)c1cccc(OCC(N)=O)c1)c1cccs1. The van der Waals surface area contributed by atoms with E-state index in [1.165, 1.54) is 4.88 Å². The molecular formula is C17H21N3O3S. The van der Waals surface area contributed by atoms with Crippen molar-refractivity contribution in [2.75, 3.05) is 27.2 Å². The molecular weight excluding hydrogens is 326 g/mol. The Morgan fingerprint density at radius 3 is 2.71 bits per heavy atom. The summed E-state index contributed by atoms with van der Waals surface area (Å²) in [5.74, 6) is -0.318. The van der Waals surface area contributed by atoms with E-state index in [0.29, 0.717) is 17.9 Å². The second kappa shape index (κ2) is 8.47. The fraction of sp³-hybridized carbons (Fsp3) is 0.294. The standard InChI is InChI=1S/C17H21N3O3S/c1-20(2)14(15-7-4-8-24-15)10-19-17(22)12-5-3-6-13(9-12)23-11-16(18)21/h3-9,14H,10-11H2,1-2H3,(H2,18,21)(H,19,22). The number of primary amides is 1. The third-order valence-corrected chi connectivity index (χ3v) is 4.40. The maximum Gasteiger partial charge on any atom is 0.255 e. The molecule has 1 heterocycles. The molecule has 0 aliphatic rings. The van der Waals surface area contributed by atoms with Gasteiger partial charge in [-0.15, -0.1) is 11.3 Å². The molecule has 2 rings (SSSR count). The molecule has 0 fully saturated rings. The molecule has 24 heavy (non-hydrogen) atoms. The van der Waals surface area contributed by atoms with E-state index in [0.717, 1.165) is 0 Å². The van der Waals surface area contributed by atoms with Gasteiger partial charge in [0.2, 0.25) is 0 Å². The van der Waals surface area contributed by atoms with Gasteiger partial charge in [-0.3, -0.25) is 9.59 Å². The van der Waals surface area contributed by atoms with Gasteiger partial charge in [-0.05, 0) is 43.7 Å². The van der Waals surface area contributed by atoms with Gasteiger partial charge in [0.1, 0.15) is 5.75 Å². The van der Waals surface area contributed by atoms with Crippen molar-refractivity contribution >= 4 is 23.2 Å². The van der Waals surface area contributed by atoms with E-state index >= 15 is 0 Å². The molecule has 0 spiro atoms. The zero-order chi connectivity index (χ0) is 17.5. The van der Waals surface area contributed by atoms with E-state index in [1.54, 1.807) is 35.6 Å². The smallest absolute Gasteiger partial charge is 0.255 e. The molecule has 1 aromatic carbocycles. The predicted molar refractivity (Wildman–Crippen MR) is 94.2 cm³/mol. The van der Waals surface area contributed by atoms with E-state index in [9.17, 15) is 9.59 Å². The van der Waals surface area contributed by atoms with Crippen LogP contribution in [0.4, 0.5) is 0 Å². The Balaban J connectivity index is 1.99. The van der Waals surface area contributed by atoms with Crippen LogP contribution in [0.15, 0.2) is 41.8 Å². The van der Waals surface area contributed by atoms with Crippen molar-refractivity contribution in [1.82, 2.24) is 10.2 Å². The predicted octanol–water partition coefficient (Wildman–Crippen LogP) is 1.64. The molecule has 6 nitrogen and oxygen atoms in total. The number of carbonyl (C=O) groups excluding carboxylic acids is 2. The molecule has 0 bridgehead atoms. The van der Waals surface area contributed by atoms with Crippen LogP contribution >= 0.6 is 11.3 Å². The number of carbonyl (C=O) groups is 2. The molecule has 0 aliphatic heterocycles. The Kier molecular flexibility index (Phi) is 6.34. The zero-order valence-electron chi connectivity index (χ0n) is 13.7. The lowest BCUT2D eigenvalue weighted by Crippen LogP contribution is -2.34. The first kappa shape index (κ1) is 18.0. The van der Waals surface area contributed by atoms with Gasteiger partial charge >= 0.3 is 0 Å². The molecule has 1 atom stereocenters. The third kappa shape index (κ3) is 5.07. The topological polar surface area (TPSA) is 84.7 Å². The highest BCUT2D eigenvalue weighted by Gasteiger charge is 2.17.